The molecule has 5 heteroatoms. The van der Waals surface area contributed by atoms with Crippen LogP contribution in [0.2, 0.25) is 0 Å². The number of ether oxygens (including phenoxy) is 1. The lowest BCUT2D eigenvalue weighted by Crippen LogP contribution is -2.36. The van der Waals surface area contributed by atoms with Crippen molar-refractivity contribution < 1.29 is 9.53 Å². The average Bonchev–Trinajstić information content (AvgIpc) is 2.40. The topological polar surface area (TPSA) is 68.4 Å². The van der Waals surface area contributed by atoms with Gasteiger partial charge in [0.05, 0.1) is 13.2 Å². The molecule has 2 heterocycles. The minimum atomic E-state index is -0.466. The molecule has 18 heavy (non-hydrogen) atoms. The maximum Gasteiger partial charge on any atom is 0.244 e. The Labute approximate surface area is 106 Å². The Morgan fingerprint density at radius 2 is 2.17 bits per heavy atom. The third kappa shape index (κ3) is 3.07. The van der Waals surface area contributed by atoms with Gasteiger partial charge in [0.15, 0.2) is 0 Å². The monoisotopic (exact) mass is 247 g/mol. The van der Waals surface area contributed by atoms with E-state index in [1.54, 1.807) is 6.20 Å². The second kappa shape index (κ2) is 5.64. The van der Waals surface area contributed by atoms with Crippen molar-refractivity contribution in [3.05, 3.63) is 36.0 Å². The van der Waals surface area contributed by atoms with E-state index >= 15 is 0 Å². The minimum Gasteiger partial charge on any atom is -0.378 e. The van der Waals surface area contributed by atoms with Crippen LogP contribution in [0.4, 0.5) is 5.82 Å². The van der Waals surface area contributed by atoms with E-state index in [9.17, 15) is 4.79 Å². The lowest BCUT2D eigenvalue weighted by atomic mass is 10.1. The van der Waals surface area contributed by atoms with Crippen molar-refractivity contribution in [1.29, 1.82) is 0 Å². The van der Waals surface area contributed by atoms with E-state index in [2.05, 4.69) is 16.5 Å². The number of anilines is 1. The van der Waals surface area contributed by atoms with Gasteiger partial charge in [-0.25, -0.2) is 4.98 Å². The average molecular weight is 247 g/mol. The molecule has 0 saturated carbocycles. The molecule has 1 saturated heterocycles. The molecule has 1 fully saturated rings. The number of pyridine rings is 1. The molecular formula is C13H17N3O2. The third-order valence-electron chi connectivity index (χ3n) is 2.91. The number of rotatable bonds is 4. The number of amides is 1. The molecule has 1 aromatic rings. The van der Waals surface area contributed by atoms with Crippen molar-refractivity contribution in [2.75, 3.05) is 31.2 Å². The Balaban J connectivity index is 2.00. The molecule has 1 aliphatic rings. The zero-order valence-electron chi connectivity index (χ0n) is 10.3. The molecule has 2 rings (SSSR count). The quantitative estimate of drug-likeness (QED) is 0.787. The molecule has 5 nitrogen and oxygen atoms in total. The molecule has 0 spiro atoms. The van der Waals surface area contributed by atoms with Crippen LogP contribution in [0.15, 0.2) is 30.5 Å². The standard InChI is InChI=1S/C13H17N3O2/c1-10(13(14)17)8-11-2-3-12(15-9-11)16-4-6-18-7-5-16/h2-3,9H,1,4-8H2,(H2,14,17). The maximum absolute atomic E-state index is 10.9. The molecule has 1 aliphatic heterocycles. The SMILES string of the molecule is C=C(Cc1ccc(N2CCOCC2)nc1)C(N)=O. The molecular weight excluding hydrogens is 230 g/mol. The first-order valence-corrected chi connectivity index (χ1v) is 5.92. The van der Waals surface area contributed by atoms with Crippen LogP contribution in [0.3, 0.4) is 0 Å². The number of nitrogens with two attached hydrogens (primary N) is 1. The summed E-state index contributed by atoms with van der Waals surface area (Å²) in [7, 11) is 0. The van der Waals surface area contributed by atoms with Gasteiger partial charge in [-0.1, -0.05) is 12.6 Å². The molecule has 1 amide bonds. The van der Waals surface area contributed by atoms with Crippen molar-refractivity contribution >= 4 is 11.7 Å². The number of nitrogens with zero attached hydrogens (tertiary/aromatic N) is 2. The number of carbonyl (C=O) groups is 1. The van der Waals surface area contributed by atoms with Crippen LogP contribution in [0, 0.1) is 0 Å². The molecule has 2 N–H and O–H groups in total. The van der Waals surface area contributed by atoms with E-state index in [1.807, 2.05) is 12.1 Å². The first-order chi connectivity index (χ1) is 8.66. The van der Waals surface area contributed by atoms with Gasteiger partial charge < -0.3 is 15.4 Å². The van der Waals surface area contributed by atoms with Crippen molar-refractivity contribution in [3.63, 3.8) is 0 Å². The van der Waals surface area contributed by atoms with Gasteiger partial charge >= 0.3 is 0 Å². The lowest BCUT2D eigenvalue weighted by molar-refractivity contribution is -0.114. The molecule has 96 valence electrons. The van der Waals surface area contributed by atoms with Crippen LogP contribution in [0.5, 0.6) is 0 Å². The van der Waals surface area contributed by atoms with E-state index < -0.39 is 5.91 Å². The third-order valence-corrected chi connectivity index (χ3v) is 2.91. The summed E-state index contributed by atoms with van der Waals surface area (Å²) in [5, 5.41) is 0. The summed E-state index contributed by atoms with van der Waals surface area (Å²) < 4.78 is 5.29. The maximum atomic E-state index is 10.9. The fraction of sp³-hybridized carbons (Fsp3) is 0.385. The highest BCUT2D eigenvalue weighted by Crippen LogP contribution is 2.14. The first kappa shape index (κ1) is 12.6. The molecule has 0 atom stereocenters. The van der Waals surface area contributed by atoms with E-state index in [-0.39, 0.29) is 0 Å². The Morgan fingerprint density at radius 1 is 1.44 bits per heavy atom. The van der Waals surface area contributed by atoms with Gasteiger partial charge in [-0.05, 0) is 11.6 Å². The largest absolute Gasteiger partial charge is 0.378 e. The molecule has 0 radical (unpaired) electrons. The second-order valence-electron chi connectivity index (χ2n) is 4.27. The van der Waals surface area contributed by atoms with E-state index in [0.717, 1.165) is 37.7 Å². The lowest BCUT2D eigenvalue weighted by Gasteiger charge is -2.27. The molecule has 0 unspecified atom stereocenters. The van der Waals surface area contributed by atoms with Gasteiger partial charge in [0.1, 0.15) is 5.82 Å². The van der Waals surface area contributed by atoms with Crippen LogP contribution < -0.4 is 10.6 Å². The van der Waals surface area contributed by atoms with Gasteiger partial charge in [0.2, 0.25) is 5.91 Å². The number of hydrogen-bond donors (Lipinski definition) is 1. The first-order valence-electron chi connectivity index (χ1n) is 5.92. The summed E-state index contributed by atoms with van der Waals surface area (Å²) in [6.07, 6.45) is 2.21. The van der Waals surface area contributed by atoms with Crippen LogP contribution in [0.1, 0.15) is 5.56 Å². The van der Waals surface area contributed by atoms with Crippen molar-refractivity contribution in [1.82, 2.24) is 4.98 Å². The molecule has 0 bridgehead atoms. The van der Waals surface area contributed by atoms with Crippen molar-refractivity contribution in [2.45, 2.75) is 6.42 Å². The molecule has 0 aromatic carbocycles. The van der Waals surface area contributed by atoms with E-state index in [1.165, 1.54) is 0 Å². The predicted octanol–water partition coefficient (Wildman–Crippen LogP) is 0.502. The Kier molecular flexibility index (Phi) is 3.94. The van der Waals surface area contributed by atoms with Gasteiger partial charge in [-0.2, -0.15) is 0 Å². The number of primary amides is 1. The summed E-state index contributed by atoms with van der Waals surface area (Å²) in [5.74, 6) is 0.471. The molecule has 0 aliphatic carbocycles. The van der Waals surface area contributed by atoms with Gasteiger partial charge in [0, 0.05) is 31.3 Å². The van der Waals surface area contributed by atoms with Crippen LogP contribution >= 0.6 is 0 Å². The zero-order chi connectivity index (χ0) is 13.0. The number of morpholine rings is 1. The zero-order valence-corrected chi connectivity index (χ0v) is 10.3. The number of hydrogen-bond acceptors (Lipinski definition) is 4. The van der Waals surface area contributed by atoms with Crippen molar-refractivity contribution in [2.24, 2.45) is 5.73 Å². The normalized spacial score (nSPS) is 15.4. The highest BCUT2D eigenvalue weighted by Gasteiger charge is 2.12. The summed E-state index contributed by atoms with van der Waals surface area (Å²) in [4.78, 5) is 17.5. The smallest absolute Gasteiger partial charge is 0.244 e. The summed E-state index contributed by atoms with van der Waals surface area (Å²) in [6, 6.07) is 3.90. The van der Waals surface area contributed by atoms with Crippen LogP contribution in [-0.2, 0) is 16.0 Å². The molecule has 1 aromatic heterocycles. The summed E-state index contributed by atoms with van der Waals surface area (Å²) >= 11 is 0. The van der Waals surface area contributed by atoms with Gasteiger partial charge in [-0.3, -0.25) is 4.79 Å². The Morgan fingerprint density at radius 3 is 2.72 bits per heavy atom. The van der Waals surface area contributed by atoms with Gasteiger partial charge in [0.25, 0.3) is 0 Å². The summed E-state index contributed by atoms with van der Waals surface area (Å²) in [5.41, 5.74) is 6.49. The fourth-order valence-corrected chi connectivity index (χ4v) is 1.83. The van der Waals surface area contributed by atoms with E-state index in [4.69, 9.17) is 10.5 Å². The minimum absolute atomic E-state index is 0.399. The van der Waals surface area contributed by atoms with Gasteiger partial charge in [-0.15, -0.1) is 0 Å². The number of carbonyl (C=O) groups excluding carboxylic acids is 1. The fourth-order valence-electron chi connectivity index (χ4n) is 1.83. The van der Waals surface area contributed by atoms with Crippen LogP contribution in [-0.4, -0.2) is 37.2 Å². The van der Waals surface area contributed by atoms with Crippen LogP contribution in [0.25, 0.3) is 0 Å². The Bertz CT molecular complexity index is 436. The van der Waals surface area contributed by atoms with Crippen molar-refractivity contribution in [3.8, 4) is 0 Å². The Hall–Kier alpha value is -1.88. The predicted molar refractivity (Wildman–Crippen MR) is 69.3 cm³/mol. The highest BCUT2D eigenvalue weighted by molar-refractivity contribution is 5.91. The highest BCUT2D eigenvalue weighted by atomic mass is 16.5. The van der Waals surface area contributed by atoms with E-state index in [0.29, 0.717) is 12.0 Å². The number of aromatic nitrogens is 1. The summed E-state index contributed by atoms with van der Waals surface area (Å²) in [6.45, 7) is 6.83. The second-order valence-corrected chi connectivity index (χ2v) is 4.27.